The van der Waals surface area contributed by atoms with Crippen LogP contribution in [-0.4, -0.2) is 37.3 Å². The molecule has 2 heterocycles. The topological polar surface area (TPSA) is 61.4 Å². The lowest BCUT2D eigenvalue weighted by Gasteiger charge is -2.30. The van der Waals surface area contributed by atoms with Gasteiger partial charge in [-0.2, -0.15) is 0 Å². The molecule has 0 aliphatic carbocycles. The fourth-order valence-corrected chi connectivity index (χ4v) is 3.04. The minimum Gasteiger partial charge on any atom is -0.369 e. The lowest BCUT2D eigenvalue weighted by atomic mass is 10.1. The van der Waals surface area contributed by atoms with Gasteiger partial charge in [0.05, 0.1) is 4.91 Å². The van der Waals surface area contributed by atoms with E-state index in [9.17, 15) is 9.59 Å². The smallest absolute Gasteiger partial charge is 0.290 e. The predicted octanol–water partition coefficient (Wildman–Crippen LogP) is 1.42. The fourth-order valence-electron chi connectivity index (χ4n) is 2.37. The van der Waals surface area contributed by atoms with Gasteiger partial charge in [-0.15, -0.1) is 0 Å². The van der Waals surface area contributed by atoms with E-state index in [0.717, 1.165) is 49.2 Å². The van der Waals surface area contributed by atoms with Crippen LogP contribution in [0.2, 0.25) is 0 Å². The van der Waals surface area contributed by atoms with E-state index in [1.807, 2.05) is 18.2 Å². The molecular weight excluding hydrogens is 274 g/mol. The number of carbonyl (C=O) groups is 2. The number of amides is 2. The van der Waals surface area contributed by atoms with Gasteiger partial charge in [0.25, 0.3) is 11.1 Å². The second kappa shape index (κ2) is 5.68. The van der Waals surface area contributed by atoms with Crippen LogP contribution in [0.3, 0.4) is 0 Å². The maximum absolute atomic E-state index is 11.6. The fraction of sp³-hybridized carbons (Fsp3) is 0.286. The second-order valence-corrected chi connectivity index (χ2v) is 5.66. The van der Waals surface area contributed by atoms with E-state index in [1.165, 1.54) is 0 Å². The van der Waals surface area contributed by atoms with Crippen LogP contribution in [0.15, 0.2) is 29.2 Å². The Balaban J connectivity index is 1.91. The summed E-state index contributed by atoms with van der Waals surface area (Å²) < 4.78 is 0. The molecule has 1 aromatic rings. The number of nitrogens with zero attached hydrogens (tertiary/aromatic N) is 1. The Kier molecular flexibility index (Phi) is 3.75. The van der Waals surface area contributed by atoms with Crippen molar-refractivity contribution in [2.24, 2.45) is 0 Å². The number of imide groups is 1. The molecule has 0 aromatic heterocycles. The lowest BCUT2D eigenvalue weighted by Crippen LogP contribution is -2.43. The Hall–Kier alpha value is -1.79. The van der Waals surface area contributed by atoms with Crippen LogP contribution in [0, 0.1) is 0 Å². The minimum atomic E-state index is -0.310. The predicted molar refractivity (Wildman–Crippen MR) is 80.6 cm³/mol. The van der Waals surface area contributed by atoms with Crippen molar-refractivity contribution in [2.75, 3.05) is 31.1 Å². The van der Waals surface area contributed by atoms with E-state index in [1.54, 1.807) is 6.08 Å². The zero-order chi connectivity index (χ0) is 13.9. The highest BCUT2D eigenvalue weighted by Crippen LogP contribution is 2.29. The van der Waals surface area contributed by atoms with Crippen LogP contribution in [0.4, 0.5) is 10.5 Å². The van der Waals surface area contributed by atoms with E-state index in [-0.39, 0.29) is 11.1 Å². The highest BCUT2D eigenvalue weighted by molar-refractivity contribution is 8.18. The third-order valence-electron chi connectivity index (χ3n) is 3.32. The van der Waals surface area contributed by atoms with Gasteiger partial charge in [-0.25, -0.2) is 0 Å². The van der Waals surface area contributed by atoms with Crippen molar-refractivity contribution in [3.05, 3.63) is 34.7 Å². The van der Waals surface area contributed by atoms with Crippen molar-refractivity contribution < 1.29 is 9.59 Å². The Morgan fingerprint density at radius 3 is 2.60 bits per heavy atom. The van der Waals surface area contributed by atoms with E-state index < -0.39 is 0 Å². The summed E-state index contributed by atoms with van der Waals surface area (Å²) in [7, 11) is 0. The molecule has 0 spiro atoms. The molecule has 6 heteroatoms. The van der Waals surface area contributed by atoms with Gasteiger partial charge in [-0.05, 0) is 29.5 Å². The average molecular weight is 289 g/mol. The Morgan fingerprint density at radius 1 is 1.15 bits per heavy atom. The third-order valence-corrected chi connectivity index (χ3v) is 4.13. The number of rotatable bonds is 2. The van der Waals surface area contributed by atoms with Crippen LogP contribution in [0.1, 0.15) is 5.56 Å². The molecule has 2 N–H and O–H groups in total. The molecule has 1 aromatic carbocycles. The van der Waals surface area contributed by atoms with Gasteiger partial charge in [0.15, 0.2) is 0 Å². The minimum absolute atomic E-state index is 0.305. The van der Waals surface area contributed by atoms with Crippen LogP contribution >= 0.6 is 11.8 Å². The monoisotopic (exact) mass is 289 g/mol. The summed E-state index contributed by atoms with van der Waals surface area (Å²) >= 11 is 0.955. The third kappa shape index (κ3) is 2.71. The van der Waals surface area contributed by atoms with Crippen LogP contribution in [0.25, 0.3) is 6.08 Å². The number of benzene rings is 1. The van der Waals surface area contributed by atoms with Crippen LogP contribution in [0.5, 0.6) is 0 Å². The standard InChI is InChI=1S/C14H15N3O2S/c18-13-12(20-14(19)16-13)9-10-3-1-2-4-11(10)17-7-5-15-6-8-17/h1-4,9,15H,5-8H2,(H,16,18,19)/b12-9-. The first-order valence-electron chi connectivity index (χ1n) is 6.53. The Labute approximate surface area is 121 Å². The summed E-state index contributed by atoms with van der Waals surface area (Å²) in [5.41, 5.74) is 2.08. The molecule has 20 heavy (non-hydrogen) atoms. The normalized spacial score (nSPS) is 21.4. The summed E-state index contributed by atoms with van der Waals surface area (Å²) in [6, 6.07) is 7.96. The van der Waals surface area contributed by atoms with Gasteiger partial charge >= 0.3 is 0 Å². The quantitative estimate of drug-likeness (QED) is 0.806. The summed E-state index contributed by atoms with van der Waals surface area (Å²) in [5, 5.41) is 5.29. The number of nitrogens with one attached hydrogen (secondary N) is 2. The van der Waals surface area contributed by atoms with Crippen molar-refractivity contribution >= 4 is 34.7 Å². The van der Waals surface area contributed by atoms with E-state index in [4.69, 9.17) is 0 Å². The maximum atomic E-state index is 11.6. The summed E-state index contributed by atoms with van der Waals surface area (Å²) in [4.78, 5) is 25.6. The van der Waals surface area contributed by atoms with Gasteiger partial charge < -0.3 is 10.2 Å². The Bertz CT molecular complexity index is 580. The molecule has 2 amide bonds. The van der Waals surface area contributed by atoms with Crippen molar-refractivity contribution in [1.29, 1.82) is 0 Å². The largest absolute Gasteiger partial charge is 0.369 e. The molecule has 2 fully saturated rings. The van der Waals surface area contributed by atoms with Crippen molar-refractivity contribution in [1.82, 2.24) is 10.6 Å². The first kappa shape index (κ1) is 13.2. The van der Waals surface area contributed by atoms with E-state index in [0.29, 0.717) is 4.91 Å². The number of hydrogen-bond donors (Lipinski definition) is 2. The van der Waals surface area contributed by atoms with Crippen LogP contribution < -0.4 is 15.5 Å². The van der Waals surface area contributed by atoms with Crippen molar-refractivity contribution in [3.8, 4) is 0 Å². The first-order valence-corrected chi connectivity index (χ1v) is 7.35. The van der Waals surface area contributed by atoms with Crippen molar-refractivity contribution in [3.63, 3.8) is 0 Å². The zero-order valence-electron chi connectivity index (χ0n) is 10.9. The summed E-state index contributed by atoms with van der Waals surface area (Å²) in [6.45, 7) is 3.80. The number of anilines is 1. The molecule has 2 aliphatic rings. The average Bonchev–Trinajstić information content (AvgIpc) is 2.78. The number of piperazine rings is 1. The zero-order valence-corrected chi connectivity index (χ0v) is 11.7. The van der Waals surface area contributed by atoms with Gasteiger partial charge in [0.2, 0.25) is 0 Å². The molecule has 2 aliphatic heterocycles. The van der Waals surface area contributed by atoms with Gasteiger partial charge in [-0.1, -0.05) is 18.2 Å². The molecule has 0 saturated carbocycles. The highest BCUT2D eigenvalue weighted by atomic mass is 32.2. The van der Waals surface area contributed by atoms with Crippen molar-refractivity contribution in [2.45, 2.75) is 0 Å². The molecule has 3 rings (SSSR count). The number of carbonyl (C=O) groups excluding carboxylic acids is 2. The Morgan fingerprint density at radius 2 is 1.90 bits per heavy atom. The molecule has 0 radical (unpaired) electrons. The van der Waals surface area contributed by atoms with Gasteiger partial charge in [-0.3, -0.25) is 14.9 Å². The number of hydrogen-bond acceptors (Lipinski definition) is 5. The van der Waals surface area contributed by atoms with Gasteiger partial charge in [0.1, 0.15) is 0 Å². The number of para-hydroxylation sites is 1. The lowest BCUT2D eigenvalue weighted by molar-refractivity contribution is -0.115. The molecule has 104 valence electrons. The van der Waals surface area contributed by atoms with E-state index >= 15 is 0 Å². The van der Waals surface area contributed by atoms with Crippen LogP contribution in [-0.2, 0) is 4.79 Å². The molecular formula is C14H15N3O2S. The summed E-state index contributed by atoms with van der Waals surface area (Å²) in [6.07, 6.45) is 1.79. The molecule has 0 atom stereocenters. The molecule has 2 saturated heterocycles. The summed E-state index contributed by atoms with van der Waals surface area (Å²) in [5.74, 6) is -0.310. The molecule has 0 bridgehead atoms. The molecule has 0 unspecified atom stereocenters. The molecule has 5 nitrogen and oxygen atoms in total. The number of thioether (sulfide) groups is 1. The van der Waals surface area contributed by atoms with Gasteiger partial charge in [0, 0.05) is 31.9 Å². The maximum Gasteiger partial charge on any atom is 0.290 e. The first-order chi connectivity index (χ1) is 9.74. The second-order valence-electron chi connectivity index (χ2n) is 4.65. The SMILES string of the molecule is O=C1NC(=O)/C(=C/c2ccccc2N2CCNCC2)S1. The highest BCUT2D eigenvalue weighted by Gasteiger charge is 2.25. The van der Waals surface area contributed by atoms with E-state index in [2.05, 4.69) is 21.6 Å².